The zero-order chi connectivity index (χ0) is 47.1. The van der Waals surface area contributed by atoms with Crippen LogP contribution in [-0.2, 0) is 32.7 Å². The van der Waals surface area contributed by atoms with Crippen LogP contribution < -0.4 is 0 Å². The van der Waals surface area contributed by atoms with Crippen LogP contribution in [0.25, 0.3) is 0 Å². The van der Waals surface area contributed by atoms with Crippen molar-refractivity contribution in [2.45, 2.75) is 217 Å². The molecule has 1 rings (SSSR count). The van der Waals surface area contributed by atoms with Crippen molar-refractivity contribution in [1.82, 2.24) is 0 Å². The van der Waals surface area contributed by atoms with Gasteiger partial charge in [-0.2, -0.15) is 0 Å². The highest BCUT2D eigenvalue weighted by atomic mass is 31.2. The van der Waals surface area contributed by atoms with Gasteiger partial charge in [0.1, 0.15) is 43.2 Å². The first kappa shape index (κ1) is 59.3. The second-order valence-corrected chi connectivity index (χ2v) is 18.1. The number of esters is 2. The number of phosphoric acid groups is 1. The summed E-state index contributed by atoms with van der Waals surface area (Å²) in [6, 6.07) is 0. The molecule has 368 valence electrons. The van der Waals surface area contributed by atoms with Crippen LogP contribution in [-0.4, -0.2) is 98.3 Å². The topological polar surface area (TPSA) is 210 Å². The molecule has 13 nitrogen and oxygen atoms in total. The Morgan fingerprint density at radius 2 is 0.953 bits per heavy atom. The van der Waals surface area contributed by atoms with E-state index >= 15 is 0 Å². The van der Waals surface area contributed by atoms with E-state index in [2.05, 4.69) is 44.2 Å². The Hall–Kier alpha value is -2.71. The zero-order valence-corrected chi connectivity index (χ0v) is 39.9. The molecule has 64 heavy (non-hydrogen) atoms. The fourth-order valence-corrected chi connectivity index (χ4v) is 7.95. The van der Waals surface area contributed by atoms with Crippen molar-refractivity contribution in [2.75, 3.05) is 13.2 Å². The van der Waals surface area contributed by atoms with E-state index < -0.39 is 75.7 Å². The molecule has 1 aliphatic carbocycles. The lowest BCUT2D eigenvalue weighted by Crippen LogP contribution is -2.64. The van der Waals surface area contributed by atoms with Crippen LogP contribution in [0.15, 0.2) is 72.9 Å². The van der Waals surface area contributed by atoms with Gasteiger partial charge in [0.05, 0.1) is 6.61 Å². The number of carbonyl (C=O) groups excluding carboxylic acids is 2. The minimum absolute atomic E-state index is 0.0454. The molecule has 8 atom stereocenters. The average Bonchev–Trinajstić information content (AvgIpc) is 3.28. The van der Waals surface area contributed by atoms with Crippen molar-refractivity contribution in [2.24, 2.45) is 0 Å². The van der Waals surface area contributed by atoms with E-state index in [0.29, 0.717) is 12.8 Å². The van der Waals surface area contributed by atoms with Crippen LogP contribution in [0.1, 0.15) is 174 Å². The molecule has 0 aromatic carbocycles. The number of phosphoric ester groups is 1. The van der Waals surface area contributed by atoms with E-state index in [4.69, 9.17) is 18.5 Å². The molecule has 0 radical (unpaired) electrons. The van der Waals surface area contributed by atoms with Gasteiger partial charge in [-0.05, 0) is 64.2 Å². The number of hydrogen-bond donors (Lipinski definition) is 6. The van der Waals surface area contributed by atoms with Crippen LogP contribution >= 0.6 is 7.82 Å². The van der Waals surface area contributed by atoms with Crippen LogP contribution in [0, 0.1) is 0 Å². The van der Waals surface area contributed by atoms with Crippen LogP contribution in [0.4, 0.5) is 0 Å². The van der Waals surface area contributed by atoms with Gasteiger partial charge in [-0.3, -0.25) is 18.6 Å². The number of carbonyl (C=O) groups is 2. The summed E-state index contributed by atoms with van der Waals surface area (Å²) in [5.41, 5.74) is 0. The first-order chi connectivity index (χ1) is 30.9. The molecule has 0 aromatic rings. The summed E-state index contributed by atoms with van der Waals surface area (Å²) in [6.45, 7) is 3.11. The van der Waals surface area contributed by atoms with Crippen LogP contribution in [0.3, 0.4) is 0 Å². The van der Waals surface area contributed by atoms with Gasteiger partial charge >= 0.3 is 19.8 Å². The van der Waals surface area contributed by atoms with E-state index in [0.717, 1.165) is 77.0 Å². The summed E-state index contributed by atoms with van der Waals surface area (Å²) in [7, 11) is -5.14. The summed E-state index contributed by atoms with van der Waals surface area (Å²) in [6.07, 6.45) is 36.8. The third-order valence-corrected chi connectivity index (χ3v) is 11.9. The molecule has 7 unspecified atom stereocenters. The molecule has 0 bridgehead atoms. The second-order valence-electron chi connectivity index (χ2n) is 16.7. The van der Waals surface area contributed by atoms with Crippen molar-refractivity contribution < 1.29 is 63.1 Å². The van der Waals surface area contributed by atoms with Gasteiger partial charge in [0, 0.05) is 12.8 Å². The fourth-order valence-electron chi connectivity index (χ4n) is 6.97. The number of rotatable bonds is 39. The Morgan fingerprint density at radius 3 is 1.50 bits per heavy atom. The highest BCUT2D eigenvalue weighted by Gasteiger charge is 2.51. The van der Waals surface area contributed by atoms with Gasteiger partial charge in [0.25, 0.3) is 0 Å². The number of aliphatic hydroxyl groups is 5. The van der Waals surface area contributed by atoms with Gasteiger partial charge < -0.3 is 39.9 Å². The summed E-state index contributed by atoms with van der Waals surface area (Å²) < 4.78 is 33.5. The fraction of sp³-hybridized carbons (Fsp3) is 0.720. The Morgan fingerprint density at radius 1 is 0.516 bits per heavy atom. The molecule has 0 aliphatic heterocycles. The summed E-state index contributed by atoms with van der Waals surface area (Å²) in [5, 5.41) is 50.2. The van der Waals surface area contributed by atoms with Crippen molar-refractivity contribution >= 4 is 19.8 Å². The van der Waals surface area contributed by atoms with E-state index in [-0.39, 0.29) is 12.8 Å². The molecule has 1 aliphatic rings. The maximum absolute atomic E-state index is 12.8. The lowest BCUT2D eigenvalue weighted by Gasteiger charge is -2.41. The highest BCUT2D eigenvalue weighted by molar-refractivity contribution is 7.47. The van der Waals surface area contributed by atoms with E-state index in [1.54, 1.807) is 0 Å². The summed E-state index contributed by atoms with van der Waals surface area (Å²) in [4.78, 5) is 35.7. The van der Waals surface area contributed by atoms with Gasteiger partial charge in [-0.15, -0.1) is 0 Å². The van der Waals surface area contributed by atoms with Crippen molar-refractivity contribution in [3.8, 4) is 0 Å². The number of ether oxygens (including phenoxy) is 2. The maximum atomic E-state index is 12.8. The SMILES string of the molecule is CC/C=C/C=C/C=C/C=C/CCCCCC(=O)OC(COC(=O)CCCCCCCCC/C=C/C/C=C/CCCCCCCCCC)COP(=O)(O)OC1C(O)C(O)C(O)[C@H](O)C1O. The molecule has 0 amide bonds. The molecule has 0 spiro atoms. The molecule has 6 N–H and O–H groups in total. The molecule has 1 saturated carbocycles. The Bertz CT molecular complexity index is 1390. The lowest BCUT2D eigenvalue weighted by molar-refractivity contribution is -0.220. The summed E-state index contributed by atoms with van der Waals surface area (Å²) >= 11 is 0. The number of unbranched alkanes of at least 4 members (excludes halogenated alkanes) is 18. The van der Waals surface area contributed by atoms with E-state index in [1.165, 1.54) is 57.8 Å². The normalized spacial score (nSPS) is 22.2. The van der Waals surface area contributed by atoms with Gasteiger partial charge in [0.15, 0.2) is 6.10 Å². The predicted molar refractivity (Wildman–Crippen MR) is 253 cm³/mol. The largest absolute Gasteiger partial charge is 0.472 e. The number of aliphatic hydroxyl groups excluding tert-OH is 5. The summed E-state index contributed by atoms with van der Waals surface area (Å²) in [5.74, 6) is -1.16. The lowest BCUT2D eigenvalue weighted by atomic mass is 9.85. The standard InChI is InChI=1S/C50H85O13P/c1-3-5-7-9-11-13-15-17-18-19-20-21-22-23-24-25-27-28-30-32-34-36-38-43(51)60-40-42(41-61-64(58,59)63-50-48(56)46(54)45(53)47(55)49(50)57)62-44(52)39-37-35-33-31-29-26-16-14-12-10-8-6-4-2/h6,8,10,12,14,16,19-20,22-23,26,29,42,45-50,53-57H,3-5,7,9,11,13,15,17-18,21,24-25,27-28,30-41H2,1-2H3,(H,58,59)/b8-6+,12-10+,16-14+,20-19+,23-22+,29-26+/t42?,45?,46-,47?,48?,49?,50?/m0/s1. The molecular weight excluding hydrogens is 840 g/mol. The minimum atomic E-state index is -5.14. The second kappa shape index (κ2) is 39.5. The third kappa shape index (κ3) is 31.2. The Labute approximate surface area is 385 Å². The van der Waals surface area contributed by atoms with E-state index in [9.17, 15) is 44.6 Å². The van der Waals surface area contributed by atoms with Gasteiger partial charge in [0.2, 0.25) is 0 Å². The van der Waals surface area contributed by atoms with Crippen molar-refractivity contribution in [3.05, 3.63) is 72.9 Å². The van der Waals surface area contributed by atoms with Crippen LogP contribution in [0.2, 0.25) is 0 Å². The maximum Gasteiger partial charge on any atom is 0.472 e. The Balaban J connectivity index is 2.42. The van der Waals surface area contributed by atoms with E-state index in [1.807, 2.05) is 42.5 Å². The molecule has 1 fully saturated rings. The van der Waals surface area contributed by atoms with Gasteiger partial charge in [-0.25, -0.2) is 4.57 Å². The van der Waals surface area contributed by atoms with Crippen LogP contribution in [0.5, 0.6) is 0 Å². The molecule has 14 heteroatoms. The first-order valence-electron chi connectivity index (χ1n) is 24.3. The number of hydrogen-bond acceptors (Lipinski definition) is 12. The quantitative estimate of drug-likeness (QED) is 0.0112. The van der Waals surface area contributed by atoms with Crippen molar-refractivity contribution in [3.63, 3.8) is 0 Å². The molecule has 0 saturated heterocycles. The minimum Gasteiger partial charge on any atom is -0.462 e. The smallest absolute Gasteiger partial charge is 0.462 e. The molecular formula is C50H85O13P. The average molecular weight is 925 g/mol. The first-order valence-corrected chi connectivity index (χ1v) is 25.8. The number of allylic oxidation sites excluding steroid dienone is 12. The molecule has 0 aromatic heterocycles. The Kier molecular flexibility index (Phi) is 36.6. The predicted octanol–water partition coefficient (Wildman–Crippen LogP) is 9.89. The molecule has 0 heterocycles. The van der Waals surface area contributed by atoms with Gasteiger partial charge in [-0.1, -0.05) is 170 Å². The highest BCUT2D eigenvalue weighted by Crippen LogP contribution is 2.47. The zero-order valence-electron chi connectivity index (χ0n) is 39.0. The monoisotopic (exact) mass is 925 g/mol. The third-order valence-electron chi connectivity index (χ3n) is 10.9. The van der Waals surface area contributed by atoms with Crippen molar-refractivity contribution in [1.29, 1.82) is 0 Å².